The number of nitro groups is 1. The van der Waals surface area contributed by atoms with Crippen LogP contribution in [-0.2, 0) is 19.9 Å². The Morgan fingerprint density at radius 2 is 1.74 bits per heavy atom. The molecule has 1 aromatic heterocycles. The van der Waals surface area contributed by atoms with Gasteiger partial charge in [0.2, 0.25) is 0 Å². The minimum Gasteiger partial charge on any atom is -0.456 e. The Labute approximate surface area is 183 Å². The zero-order valence-electron chi connectivity index (χ0n) is 16.4. The van der Waals surface area contributed by atoms with Crippen LogP contribution in [0.25, 0.3) is 0 Å². The van der Waals surface area contributed by atoms with E-state index in [1.807, 2.05) is 0 Å². The summed E-state index contributed by atoms with van der Waals surface area (Å²) in [5, 5.41) is 15.3. The predicted octanol–water partition coefficient (Wildman–Crippen LogP) is 3.49. The Hall–Kier alpha value is -2.96. The van der Waals surface area contributed by atoms with Crippen molar-refractivity contribution in [2.24, 2.45) is 0 Å². The molecule has 0 unspecified atom stereocenters. The molecule has 0 radical (unpaired) electrons. The molecule has 0 saturated carbocycles. The zero-order chi connectivity index (χ0) is 23.1. The third-order valence-corrected chi connectivity index (χ3v) is 7.27. The number of aromatic nitrogens is 2. The molecule has 0 aliphatic rings. The van der Waals surface area contributed by atoms with Gasteiger partial charge in [-0.1, -0.05) is 11.6 Å². The molecule has 0 bridgehead atoms. The minimum atomic E-state index is -4.40. The molecule has 0 saturated heterocycles. The number of halogens is 1. The summed E-state index contributed by atoms with van der Waals surface area (Å²) < 4.78 is 55.7. The SMILES string of the molecule is Cc1cc(C)n(S(=O)(=O)c2cc(Oc3ccc(S(C)(=O)=O)cc3Cl)ccc2[N+](=O)[O-])n1. The van der Waals surface area contributed by atoms with E-state index >= 15 is 0 Å². The highest BCUT2D eigenvalue weighted by molar-refractivity contribution is 7.90. The van der Waals surface area contributed by atoms with E-state index in [1.165, 1.54) is 37.3 Å². The van der Waals surface area contributed by atoms with Gasteiger partial charge >= 0.3 is 0 Å². The van der Waals surface area contributed by atoms with Gasteiger partial charge in [-0.25, -0.2) is 8.42 Å². The van der Waals surface area contributed by atoms with E-state index in [0.717, 1.165) is 18.4 Å². The first-order valence-electron chi connectivity index (χ1n) is 8.55. The normalized spacial score (nSPS) is 12.0. The van der Waals surface area contributed by atoms with E-state index in [-0.39, 0.29) is 27.1 Å². The standard InChI is InChI=1S/C18H16ClN3O7S2/c1-11-8-12(2)21(20-11)31(27,28)18-9-13(4-6-16(18)22(23)24)29-17-7-5-14(10-15(17)19)30(3,25)26/h4-10H,1-3H3. The van der Waals surface area contributed by atoms with Gasteiger partial charge in [0.15, 0.2) is 14.7 Å². The van der Waals surface area contributed by atoms with Crippen LogP contribution in [0.1, 0.15) is 11.4 Å². The molecule has 0 spiro atoms. The first-order chi connectivity index (χ1) is 14.3. The maximum atomic E-state index is 13.1. The summed E-state index contributed by atoms with van der Waals surface area (Å²) in [4.78, 5) is 9.97. The number of nitro benzene ring substituents is 1. The lowest BCUT2D eigenvalue weighted by Gasteiger charge is -2.11. The average molecular weight is 486 g/mol. The molecule has 0 N–H and O–H groups in total. The number of rotatable bonds is 6. The smallest absolute Gasteiger partial charge is 0.290 e. The summed E-state index contributed by atoms with van der Waals surface area (Å²) in [6.45, 7) is 3.10. The molecule has 3 rings (SSSR count). The number of aryl methyl sites for hydroxylation is 2. The number of nitrogens with zero attached hydrogens (tertiary/aromatic N) is 3. The first-order valence-corrected chi connectivity index (χ1v) is 12.3. The number of hydrogen-bond donors (Lipinski definition) is 0. The monoisotopic (exact) mass is 485 g/mol. The van der Waals surface area contributed by atoms with Gasteiger partial charge in [0.25, 0.3) is 15.7 Å². The quantitative estimate of drug-likeness (QED) is 0.382. The van der Waals surface area contributed by atoms with Gasteiger partial charge in [-0.15, -0.1) is 0 Å². The van der Waals surface area contributed by atoms with Crippen LogP contribution in [0.5, 0.6) is 11.5 Å². The third-order valence-electron chi connectivity index (χ3n) is 4.16. The van der Waals surface area contributed by atoms with Crippen molar-refractivity contribution >= 4 is 37.1 Å². The van der Waals surface area contributed by atoms with Crippen LogP contribution in [0.15, 0.2) is 52.3 Å². The van der Waals surface area contributed by atoms with E-state index in [9.17, 15) is 26.9 Å². The van der Waals surface area contributed by atoms with E-state index in [1.54, 1.807) is 6.92 Å². The van der Waals surface area contributed by atoms with Crippen LogP contribution in [0.4, 0.5) is 5.69 Å². The minimum absolute atomic E-state index is 0.0265. The fourth-order valence-electron chi connectivity index (χ4n) is 2.78. The van der Waals surface area contributed by atoms with E-state index in [2.05, 4.69) is 5.10 Å². The average Bonchev–Trinajstić information content (AvgIpc) is 3.01. The third kappa shape index (κ3) is 4.55. The van der Waals surface area contributed by atoms with Gasteiger partial charge in [0.05, 0.1) is 26.2 Å². The van der Waals surface area contributed by atoms with Crippen molar-refractivity contribution in [3.05, 3.63) is 69.0 Å². The van der Waals surface area contributed by atoms with Crippen LogP contribution in [-0.4, -0.2) is 37.2 Å². The Balaban J connectivity index is 2.10. The van der Waals surface area contributed by atoms with Crippen molar-refractivity contribution in [1.29, 1.82) is 0 Å². The lowest BCUT2D eigenvalue weighted by molar-refractivity contribution is -0.387. The Morgan fingerprint density at radius 3 is 2.26 bits per heavy atom. The first kappa shape index (κ1) is 22.7. The van der Waals surface area contributed by atoms with Crippen LogP contribution < -0.4 is 4.74 Å². The summed E-state index contributed by atoms with van der Waals surface area (Å²) in [5.74, 6) is -0.0166. The van der Waals surface area contributed by atoms with Gasteiger partial charge < -0.3 is 4.74 Å². The van der Waals surface area contributed by atoms with E-state index in [4.69, 9.17) is 16.3 Å². The van der Waals surface area contributed by atoms with Crippen molar-refractivity contribution in [2.75, 3.05) is 6.26 Å². The molecule has 0 fully saturated rings. The van der Waals surface area contributed by atoms with Crippen LogP contribution in [0.2, 0.25) is 5.02 Å². The molecule has 0 atom stereocenters. The molecule has 31 heavy (non-hydrogen) atoms. The van der Waals surface area contributed by atoms with Crippen molar-refractivity contribution in [1.82, 2.24) is 9.19 Å². The lowest BCUT2D eigenvalue weighted by Crippen LogP contribution is -2.17. The largest absolute Gasteiger partial charge is 0.456 e. The second kappa shape index (κ2) is 7.94. The number of ether oxygens (including phenoxy) is 1. The van der Waals surface area contributed by atoms with Crippen molar-refractivity contribution in [2.45, 2.75) is 23.6 Å². The fourth-order valence-corrected chi connectivity index (χ4v) is 5.24. The maximum Gasteiger partial charge on any atom is 0.290 e. The van der Waals surface area contributed by atoms with Crippen molar-refractivity contribution < 1.29 is 26.5 Å². The van der Waals surface area contributed by atoms with E-state index in [0.29, 0.717) is 9.78 Å². The maximum absolute atomic E-state index is 13.1. The molecule has 2 aromatic carbocycles. The van der Waals surface area contributed by atoms with Crippen LogP contribution in [0, 0.1) is 24.0 Å². The van der Waals surface area contributed by atoms with Gasteiger partial charge in [0, 0.05) is 18.4 Å². The summed E-state index contributed by atoms with van der Waals surface area (Å²) >= 11 is 6.09. The van der Waals surface area contributed by atoms with Gasteiger partial charge in [-0.05, 0) is 44.2 Å². The highest BCUT2D eigenvalue weighted by atomic mass is 35.5. The van der Waals surface area contributed by atoms with Gasteiger partial charge in [-0.2, -0.15) is 17.6 Å². The van der Waals surface area contributed by atoms with Crippen LogP contribution >= 0.6 is 11.6 Å². The van der Waals surface area contributed by atoms with Crippen LogP contribution in [0.3, 0.4) is 0 Å². The molecule has 0 amide bonds. The highest BCUT2D eigenvalue weighted by Gasteiger charge is 2.30. The van der Waals surface area contributed by atoms with Crippen molar-refractivity contribution in [3.8, 4) is 11.5 Å². The Bertz CT molecular complexity index is 1410. The summed E-state index contributed by atoms with van der Waals surface area (Å²) in [6, 6.07) is 8.47. The Kier molecular flexibility index (Phi) is 5.82. The molecule has 0 aliphatic carbocycles. The molecule has 3 aromatic rings. The molecular weight excluding hydrogens is 470 g/mol. The molecule has 1 heterocycles. The second-order valence-corrected chi connectivity index (χ2v) is 10.8. The zero-order valence-corrected chi connectivity index (χ0v) is 18.8. The molecule has 0 aliphatic heterocycles. The summed E-state index contributed by atoms with van der Waals surface area (Å²) in [5.41, 5.74) is 0.0461. The molecule has 164 valence electrons. The highest BCUT2D eigenvalue weighted by Crippen LogP contribution is 2.35. The topological polar surface area (TPSA) is 138 Å². The van der Waals surface area contributed by atoms with Gasteiger partial charge in [0.1, 0.15) is 11.5 Å². The predicted molar refractivity (Wildman–Crippen MR) is 112 cm³/mol. The number of sulfone groups is 1. The van der Waals surface area contributed by atoms with E-state index < -0.39 is 35.4 Å². The Morgan fingerprint density at radius 1 is 1.06 bits per heavy atom. The van der Waals surface area contributed by atoms with Gasteiger partial charge in [-0.3, -0.25) is 10.1 Å². The molecular formula is C18H16ClN3O7S2. The second-order valence-electron chi connectivity index (χ2n) is 6.63. The fraction of sp³-hybridized carbons (Fsp3) is 0.167. The van der Waals surface area contributed by atoms with Crippen molar-refractivity contribution in [3.63, 3.8) is 0 Å². The summed E-state index contributed by atoms with van der Waals surface area (Å²) in [6.07, 6.45) is 1.02. The molecule has 10 nitrogen and oxygen atoms in total. The number of hydrogen-bond acceptors (Lipinski definition) is 8. The number of benzene rings is 2. The lowest BCUT2D eigenvalue weighted by atomic mass is 10.3. The summed E-state index contributed by atoms with van der Waals surface area (Å²) in [7, 11) is -7.90. The molecule has 13 heteroatoms.